The summed E-state index contributed by atoms with van der Waals surface area (Å²) in [6.07, 6.45) is 0. The quantitative estimate of drug-likeness (QED) is 0.101. The molecule has 0 bridgehead atoms. The molecule has 0 saturated heterocycles. The first-order valence-corrected chi connectivity index (χ1v) is 11.7. The molecule has 0 aliphatic carbocycles. The predicted octanol–water partition coefficient (Wildman–Crippen LogP) is -5.94. The first-order chi connectivity index (χ1) is 10.0. The molecule has 0 aliphatic heterocycles. The van der Waals surface area contributed by atoms with Crippen LogP contribution in [-0.2, 0) is 22.8 Å². The maximum absolute atomic E-state index is 8.88. The molecule has 0 amide bonds. The van der Waals surface area contributed by atoms with Gasteiger partial charge in [0.05, 0.1) is 0 Å². The van der Waals surface area contributed by atoms with Crippen molar-refractivity contribution in [2.45, 2.75) is 0 Å². The van der Waals surface area contributed by atoms with Crippen LogP contribution >= 0.6 is 39.1 Å². The minimum atomic E-state index is -4.64. The molecule has 0 aromatic carbocycles. The number of phosphoric acid groups is 5. The number of rotatable bonds is 0. The molecule has 0 heterocycles. The summed E-state index contributed by atoms with van der Waals surface area (Å²) in [7, 11) is -23.2. The fourth-order valence-electron chi connectivity index (χ4n) is 0. The van der Waals surface area contributed by atoms with E-state index in [1.54, 1.807) is 0 Å². The van der Waals surface area contributed by atoms with Gasteiger partial charge in [0.2, 0.25) is 0 Å². The molecule has 0 aromatic rings. The van der Waals surface area contributed by atoms with Gasteiger partial charge in [-0.1, -0.05) is 0 Å². The third kappa shape index (κ3) is 3090. The van der Waals surface area contributed by atoms with E-state index in [1.165, 1.54) is 0 Å². The summed E-state index contributed by atoms with van der Waals surface area (Å²) in [6, 6.07) is 0. The molecule has 0 radical (unpaired) electrons. The molecule has 27 heavy (non-hydrogen) atoms. The zero-order valence-electron chi connectivity index (χ0n) is 11.0. The van der Waals surface area contributed by atoms with E-state index in [0.717, 1.165) is 0 Å². The normalized spacial score (nSPS) is 10.9. The SMILES string of the molecule is O=P(O)(O)O.O=P(O)(O)O.O=P(O)(O)O.O=P(O)(O)O.O=P(O)(O)O.[NaH].[NaH]. The Morgan fingerprint density at radius 1 is 0.259 bits per heavy atom. The van der Waals surface area contributed by atoms with E-state index < -0.39 is 39.1 Å². The summed E-state index contributed by atoms with van der Waals surface area (Å²) in [5.41, 5.74) is 0. The van der Waals surface area contributed by atoms with Crippen molar-refractivity contribution >= 4 is 98.2 Å². The van der Waals surface area contributed by atoms with Gasteiger partial charge in [-0.05, 0) is 0 Å². The van der Waals surface area contributed by atoms with Gasteiger partial charge in [0.25, 0.3) is 0 Å². The third-order valence-corrected chi connectivity index (χ3v) is 0. The van der Waals surface area contributed by atoms with Crippen LogP contribution in [0.1, 0.15) is 0 Å². The molecule has 0 aliphatic rings. The van der Waals surface area contributed by atoms with E-state index in [-0.39, 0.29) is 59.1 Å². The van der Waals surface area contributed by atoms with Gasteiger partial charge in [0.1, 0.15) is 0 Å². The molecular weight excluding hydrogens is 521 g/mol. The van der Waals surface area contributed by atoms with Crippen LogP contribution in [-0.4, -0.2) is 133 Å². The van der Waals surface area contributed by atoms with Gasteiger partial charge in [-0.25, -0.2) is 22.8 Å². The Kier molecular flexibility index (Phi) is 35.9. The van der Waals surface area contributed by atoms with Crippen molar-refractivity contribution in [2.24, 2.45) is 0 Å². The monoisotopic (exact) mass is 538 g/mol. The van der Waals surface area contributed by atoms with E-state index in [1.807, 2.05) is 0 Å². The summed E-state index contributed by atoms with van der Waals surface area (Å²) in [5.74, 6) is 0. The molecule has 15 N–H and O–H groups in total. The second-order valence-corrected chi connectivity index (χ2v) is 7.70. The summed E-state index contributed by atoms with van der Waals surface area (Å²) >= 11 is 0. The number of hydrogen-bond donors (Lipinski definition) is 15. The first-order valence-electron chi connectivity index (χ1n) is 3.91. The maximum atomic E-state index is 8.88. The fourth-order valence-corrected chi connectivity index (χ4v) is 0. The van der Waals surface area contributed by atoms with Crippen molar-refractivity contribution in [2.75, 3.05) is 0 Å². The van der Waals surface area contributed by atoms with Crippen LogP contribution in [0.5, 0.6) is 0 Å². The van der Waals surface area contributed by atoms with Crippen LogP contribution in [0.25, 0.3) is 0 Å². The summed E-state index contributed by atoms with van der Waals surface area (Å²) in [4.78, 5) is 108. The van der Waals surface area contributed by atoms with Crippen LogP contribution < -0.4 is 0 Å². The Morgan fingerprint density at radius 3 is 0.259 bits per heavy atom. The van der Waals surface area contributed by atoms with Crippen molar-refractivity contribution in [3.8, 4) is 0 Å². The molecule has 0 fully saturated rings. The average molecular weight is 538 g/mol. The van der Waals surface area contributed by atoms with Gasteiger partial charge >= 0.3 is 98.2 Å². The Morgan fingerprint density at radius 2 is 0.259 bits per heavy atom. The summed E-state index contributed by atoms with van der Waals surface area (Å²) < 4.78 is 44.4. The molecule has 164 valence electrons. The average Bonchev–Trinajstić information content (AvgIpc) is 1.79. The molecule has 0 aromatic heterocycles. The first kappa shape index (κ1) is 47.4. The third-order valence-electron chi connectivity index (χ3n) is 0. The van der Waals surface area contributed by atoms with Gasteiger partial charge in [0, 0.05) is 0 Å². The van der Waals surface area contributed by atoms with Crippen molar-refractivity contribution in [3.63, 3.8) is 0 Å². The molecule has 27 heteroatoms. The van der Waals surface area contributed by atoms with E-state index in [2.05, 4.69) is 0 Å². The Hall–Kier alpha value is 2.55. The zero-order valence-corrected chi connectivity index (χ0v) is 15.5. The van der Waals surface area contributed by atoms with E-state index in [0.29, 0.717) is 0 Å². The summed E-state index contributed by atoms with van der Waals surface area (Å²) in [6.45, 7) is 0. The molecular formula is H17Na2O20P5. The van der Waals surface area contributed by atoms with Crippen molar-refractivity contribution in [1.82, 2.24) is 0 Å². The second-order valence-electron chi connectivity index (χ2n) is 2.57. The Balaban J connectivity index is -0.0000000364. The van der Waals surface area contributed by atoms with Gasteiger partial charge in [-0.2, -0.15) is 0 Å². The van der Waals surface area contributed by atoms with Crippen molar-refractivity contribution < 1.29 is 96.2 Å². The topological polar surface area (TPSA) is 389 Å². The van der Waals surface area contributed by atoms with E-state index >= 15 is 0 Å². The molecule has 20 nitrogen and oxygen atoms in total. The second kappa shape index (κ2) is 20.5. The van der Waals surface area contributed by atoms with Crippen LogP contribution in [0.2, 0.25) is 0 Å². The fraction of sp³-hybridized carbons (Fsp3) is 0. The molecule has 0 saturated carbocycles. The van der Waals surface area contributed by atoms with Crippen LogP contribution in [0.4, 0.5) is 0 Å². The Labute approximate surface area is 193 Å². The number of hydrogen-bond acceptors (Lipinski definition) is 5. The van der Waals surface area contributed by atoms with Crippen molar-refractivity contribution in [1.29, 1.82) is 0 Å². The van der Waals surface area contributed by atoms with Gasteiger partial charge in [-0.3, -0.25) is 0 Å². The minimum absolute atomic E-state index is 0. The standard InChI is InChI=1S/2Na.5H3O4P.2H/c;;5*1-5(2,3)4;;/h;;5*(H3,1,2,3,4);;. The summed E-state index contributed by atoms with van der Waals surface area (Å²) in [5, 5.41) is 0. The molecule has 0 atom stereocenters. The van der Waals surface area contributed by atoms with Crippen molar-refractivity contribution in [3.05, 3.63) is 0 Å². The zero-order chi connectivity index (χ0) is 22.5. The van der Waals surface area contributed by atoms with Crippen LogP contribution in [0, 0.1) is 0 Å². The van der Waals surface area contributed by atoms with Gasteiger partial charge < -0.3 is 73.4 Å². The van der Waals surface area contributed by atoms with E-state index in [9.17, 15) is 0 Å². The van der Waals surface area contributed by atoms with Gasteiger partial charge in [-0.15, -0.1) is 0 Å². The van der Waals surface area contributed by atoms with E-state index in [4.69, 9.17) is 96.2 Å². The molecule has 0 unspecified atom stereocenters. The molecule has 0 spiro atoms. The van der Waals surface area contributed by atoms with Gasteiger partial charge in [0.15, 0.2) is 0 Å². The predicted molar refractivity (Wildman–Crippen MR) is 85.6 cm³/mol. The van der Waals surface area contributed by atoms with Crippen LogP contribution in [0.15, 0.2) is 0 Å². The Bertz CT molecular complexity index is 375. The van der Waals surface area contributed by atoms with Crippen LogP contribution in [0.3, 0.4) is 0 Å². The molecule has 0 rings (SSSR count).